The average molecular weight is 473 g/mol. The van der Waals surface area contributed by atoms with E-state index in [1.165, 1.54) is 6.20 Å². The van der Waals surface area contributed by atoms with Crippen LogP contribution in [0.4, 0.5) is 21.9 Å². The summed E-state index contributed by atoms with van der Waals surface area (Å²) in [5.74, 6) is 1.40. The Hall–Kier alpha value is -4.59. The number of carbonyl (C=O) groups is 1. The van der Waals surface area contributed by atoms with Gasteiger partial charge in [0.2, 0.25) is 0 Å². The summed E-state index contributed by atoms with van der Waals surface area (Å²) < 4.78 is 7.40. The highest BCUT2D eigenvalue weighted by molar-refractivity contribution is 5.94. The largest absolute Gasteiger partial charge is 0.457 e. The van der Waals surface area contributed by atoms with Crippen LogP contribution in [0.5, 0.6) is 11.5 Å². The Bertz CT molecular complexity index is 1360. The molecule has 2 aromatic heterocycles. The molecule has 10 heteroatoms. The molecule has 2 aromatic carbocycles. The molecule has 0 fully saturated rings. The van der Waals surface area contributed by atoms with Crippen LogP contribution >= 0.6 is 0 Å². The van der Waals surface area contributed by atoms with Crippen LogP contribution in [0, 0.1) is 18.3 Å². The lowest BCUT2D eigenvalue weighted by molar-refractivity contribution is 0.0965. The minimum absolute atomic E-state index is 0.0949. The van der Waals surface area contributed by atoms with E-state index in [9.17, 15) is 15.2 Å². The van der Waals surface area contributed by atoms with Crippen LogP contribution in [0.1, 0.15) is 11.1 Å². The molecule has 10 nitrogen and oxygen atoms in total. The summed E-state index contributed by atoms with van der Waals surface area (Å²) in [4.78, 5) is 12.2. The molecule has 0 unspecified atom stereocenters. The standard InChI is InChI=1S/C25H24N6O4/c1-16-22(30-25(34)27-13-19(33)15-32)14-31-24(16)23(17(11-26)12-28-31)29-18-7-9-21(10-8-18)35-20-5-3-2-4-6-20/h2-10,12,14,19,29,32-33H,13,15H2,1H3,(H2,27,30,34)/t19-/m0/s1. The van der Waals surface area contributed by atoms with Crippen LogP contribution in [0.3, 0.4) is 0 Å². The molecule has 1 atom stereocenters. The van der Waals surface area contributed by atoms with Gasteiger partial charge in [-0.15, -0.1) is 0 Å². The number of para-hydroxylation sites is 1. The van der Waals surface area contributed by atoms with E-state index < -0.39 is 18.7 Å². The zero-order valence-electron chi connectivity index (χ0n) is 18.9. The van der Waals surface area contributed by atoms with Crippen molar-refractivity contribution in [3.8, 4) is 17.6 Å². The monoisotopic (exact) mass is 472 g/mol. The Morgan fingerprint density at radius 1 is 1.17 bits per heavy atom. The number of amides is 2. The van der Waals surface area contributed by atoms with Gasteiger partial charge >= 0.3 is 6.03 Å². The topological polar surface area (TPSA) is 144 Å². The van der Waals surface area contributed by atoms with Gasteiger partial charge < -0.3 is 30.9 Å². The van der Waals surface area contributed by atoms with Crippen molar-refractivity contribution in [2.24, 2.45) is 0 Å². The molecule has 0 radical (unpaired) electrons. The summed E-state index contributed by atoms with van der Waals surface area (Å²) in [5, 5.41) is 40.7. The van der Waals surface area contributed by atoms with E-state index in [1.807, 2.05) is 54.6 Å². The number of aryl methyl sites for hydroxylation is 1. The summed E-state index contributed by atoms with van der Waals surface area (Å²) in [7, 11) is 0. The number of ether oxygens (including phenoxy) is 1. The predicted molar refractivity (Wildman–Crippen MR) is 131 cm³/mol. The maximum Gasteiger partial charge on any atom is 0.319 e. The highest BCUT2D eigenvalue weighted by Crippen LogP contribution is 2.33. The third-order valence-corrected chi connectivity index (χ3v) is 5.24. The lowest BCUT2D eigenvalue weighted by Crippen LogP contribution is -2.36. The molecule has 4 aromatic rings. The number of fused-ring (bicyclic) bond motifs is 1. The fraction of sp³-hybridized carbons (Fsp3) is 0.160. The Morgan fingerprint density at radius 3 is 2.57 bits per heavy atom. The highest BCUT2D eigenvalue weighted by Gasteiger charge is 2.17. The van der Waals surface area contributed by atoms with E-state index in [-0.39, 0.29) is 6.54 Å². The first-order valence-corrected chi connectivity index (χ1v) is 10.8. The van der Waals surface area contributed by atoms with Crippen LogP contribution in [0.2, 0.25) is 0 Å². The summed E-state index contributed by atoms with van der Waals surface area (Å²) in [6, 6.07) is 18.4. The molecule has 0 aliphatic rings. The van der Waals surface area contributed by atoms with Crippen LogP contribution in [-0.2, 0) is 0 Å². The van der Waals surface area contributed by atoms with Crippen molar-refractivity contribution >= 4 is 28.6 Å². The quantitative estimate of drug-likeness (QED) is 0.264. The average Bonchev–Trinajstić information content (AvgIpc) is 3.19. The Kier molecular flexibility index (Phi) is 7.11. The van der Waals surface area contributed by atoms with Gasteiger partial charge in [-0.2, -0.15) is 10.4 Å². The second-order valence-corrected chi connectivity index (χ2v) is 7.74. The molecule has 2 amide bonds. The van der Waals surface area contributed by atoms with Crippen molar-refractivity contribution in [3.63, 3.8) is 0 Å². The van der Waals surface area contributed by atoms with Crippen molar-refractivity contribution in [2.75, 3.05) is 23.8 Å². The normalized spacial score (nSPS) is 11.5. The van der Waals surface area contributed by atoms with Crippen molar-refractivity contribution in [1.29, 1.82) is 5.26 Å². The van der Waals surface area contributed by atoms with Crippen LogP contribution in [-0.4, -0.2) is 45.1 Å². The first kappa shape index (κ1) is 23.6. The van der Waals surface area contributed by atoms with E-state index in [4.69, 9.17) is 9.84 Å². The second-order valence-electron chi connectivity index (χ2n) is 7.74. The number of aliphatic hydroxyl groups excluding tert-OH is 2. The first-order chi connectivity index (χ1) is 17.0. The molecule has 0 aliphatic heterocycles. The summed E-state index contributed by atoms with van der Waals surface area (Å²) in [6.07, 6.45) is 2.04. The molecule has 0 aliphatic carbocycles. The number of nitrogens with one attached hydrogen (secondary N) is 3. The number of anilines is 3. The lowest BCUT2D eigenvalue weighted by atomic mass is 10.1. The Labute approximate surface area is 201 Å². The van der Waals surface area contributed by atoms with Gasteiger partial charge in [0.25, 0.3) is 0 Å². The van der Waals surface area contributed by atoms with Crippen molar-refractivity contribution in [3.05, 3.63) is 78.1 Å². The van der Waals surface area contributed by atoms with Gasteiger partial charge in [0.05, 0.1) is 47.6 Å². The van der Waals surface area contributed by atoms with E-state index in [1.54, 1.807) is 17.6 Å². The molecular weight excluding hydrogens is 448 g/mol. The first-order valence-electron chi connectivity index (χ1n) is 10.8. The van der Waals surface area contributed by atoms with Gasteiger partial charge in [-0.1, -0.05) is 18.2 Å². The molecular formula is C25H24N6O4. The molecule has 0 saturated heterocycles. The second kappa shape index (κ2) is 10.6. The number of urea groups is 1. The Morgan fingerprint density at radius 2 is 1.89 bits per heavy atom. The SMILES string of the molecule is Cc1c(NC(=O)NC[C@H](O)CO)cn2ncc(C#N)c(Nc3ccc(Oc4ccccc4)cc3)c12. The van der Waals surface area contributed by atoms with Gasteiger partial charge in [-0.3, -0.25) is 0 Å². The number of hydrogen-bond acceptors (Lipinski definition) is 7. The zero-order valence-corrected chi connectivity index (χ0v) is 18.9. The van der Waals surface area contributed by atoms with Crippen LogP contribution in [0.15, 0.2) is 67.0 Å². The molecule has 0 bridgehead atoms. The number of carbonyl (C=O) groups excluding carboxylic acids is 1. The summed E-state index contributed by atoms with van der Waals surface area (Å²) >= 11 is 0. The number of aromatic nitrogens is 2. The molecule has 2 heterocycles. The number of nitrogens with zero attached hydrogens (tertiary/aromatic N) is 3. The van der Waals surface area contributed by atoms with E-state index in [0.717, 1.165) is 11.4 Å². The fourth-order valence-corrected chi connectivity index (χ4v) is 3.44. The predicted octanol–water partition coefficient (Wildman–Crippen LogP) is 3.53. The maximum absolute atomic E-state index is 12.2. The van der Waals surface area contributed by atoms with E-state index >= 15 is 0 Å². The van der Waals surface area contributed by atoms with Crippen molar-refractivity contribution in [2.45, 2.75) is 13.0 Å². The lowest BCUT2D eigenvalue weighted by Gasteiger charge is -2.12. The number of nitriles is 1. The molecule has 4 rings (SSSR count). The number of hydrogen-bond donors (Lipinski definition) is 5. The minimum Gasteiger partial charge on any atom is -0.457 e. The van der Waals surface area contributed by atoms with Crippen molar-refractivity contribution < 1.29 is 19.7 Å². The third kappa shape index (κ3) is 5.50. The molecule has 5 N–H and O–H groups in total. The van der Waals surface area contributed by atoms with Gasteiger partial charge in [0.1, 0.15) is 17.6 Å². The molecule has 0 spiro atoms. The smallest absolute Gasteiger partial charge is 0.319 e. The summed E-state index contributed by atoms with van der Waals surface area (Å²) in [5.41, 5.74) is 3.42. The van der Waals surface area contributed by atoms with Crippen LogP contribution in [0.25, 0.3) is 5.52 Å². The minimum atomic E-state index is -1.05. The maximum atomic E-state index is 12.2. The van der Waals surface area contributed by atoms with Crippen LogP contribution < -0.4 is 20.7 Å². The van der Waals surface area contributed by atoms with E-state index in [2.05, 4.69) is 27.1 Å². The number of benzene rings is 2. The molecule has 0 saturated carbocycles. The van der Waals surface area contributed by atoms with Crippen molar-refractivity contribution in [1.82, 2.24) is 14.9 Å². The van der Waals surface area contributed by atoms with E-state index in [0.29, 0.717) is 33.8 Å². The molecule has 35 heavy (non-hydrogen) atoms. The third-order valence-electron chi connectivity index (χ3n) is 5.24. The summed E-state index contributed by atoms with van der Waals surface area (Å²) in [6.45, 7) is 1.26. The van der Waals surface area contributed by atoms with Gasteiger partial charge in [-0.05, 0) is 43.3 Å². The number of aliphatic hydroxyl groups is 2. The fourth-order valence-electron chi connectivity index (χ4n) is 3.44. The highest BCUT2D eigenvalue weighted by atomic mass is 16.5. The van der Waals surface area contributed by atoms with Gasteiger partial charge in [0, 0.05) is 17.8 Å². The van der Waals surface area contributed by atoms with Gasteiger partial charge in [0.15, 0.2) is 0 Å². The van der Waals surface area contributed by atoms with Gasteiger partial charge in [-0.25, -0.2) is 9.31 Å². The Balaban J connectivity index is 1.57. The molecule has 178 valence electrons. The number of rotatable bonds is 8. The zero-order chi connectivity index (χ0) is 24.8.